The maximum Gasteiger partial charge on any atom is 0.433 e. The van der Waals surface area contributed by atoms with Crippen molar-refractivity contribution < 1.29 is 26.4 Å². The fourth-order valence-electron chi connectivity index (χ4n) is 2.82. The molecular formula is C20H20F3N3O3S2. The zero-order valence-corrected chi connectivity index (χ0v) is 18.7. The minimum Gasteiger partial charge on any atom is -0.321 e. The molecule has 0 unspecified atom stereocenters. The second-order valence-corrected chi connectivity index (χ2v) is 10.2. The minimum atomic E-state index is -4.57. The van der Waals surface area contributed by atoms with Crippen molar-refractivity contribution in [2.24, 2.45) is 0 Å². The number of sulfonamides is 1. The minimum absolute atomic E-state index is 0.0867. The number of amides is 1. The van der Waals surface area contributed by atoms with Gasteiger partial charge in [0.25, 0.3) is 5.91 Å². The van der Waals surface area contributed by atoms with Crippen molar-refractivity contribution in [3.05, 3.63) is 52.5 Å². The van der Waals surface area contributed by atoms with Gasteiger partial charge in [-0.2, -0.15) is 17.5 Å². The summed E-state index contributed by atoms with van der Waals surface area (Å²) < 4.78 is 65.0. The number of carbonyl (C=O) groups is 1. The van der Waals surface area contributed by atoms with Gasteiger partial charge in [0.2, 0.25) is 10.0 Å². The molecule has 1 aromatic carbocycles. The Labute approximate surface area is 181 Å². The van der Waals surface area contributed by atoms with E-state index in [1.54, 1.807) is 20.8 Å². The molecule has 11 heteroatoms. The number of rotatable bonds is 5. The second-order valence-electron chi connectivity index (χ2n) is 7.20. The lowest BCUT2D eigenvalue weighted by molar-refractivity contribution is -0.140. The SMILES string of the molecule is Cc1c(C(=O)Nc2ccc(S(=O)(=O)N(C)C(C)C)cc2)sc2nc(C(F)(F)F)ccc12. The zero-order valence-electron chi connectivity index (χ0n) is 17.1. The van der Waals surface area contributed by atoms with Crippen LogP contribution in [0.25, 0.3) is 10.2 Å². The monoisotopic (exact) mass is 471 g/mol. The Balaban J connectivity index is 1.85. The lowest BCUT2D eigenvalue weighted by Gasteiger charge is -2.21. The Bertz CT molecular complexity index is 1230. The predicted octanol–water partition coefficient (Wildman–Crippen LogP) is 4.90. The van der Waals surface area contributed by atoms with Crippen LogP contribution in [0.2, 0.25) is 0 Å². The smallest absolute Gasteiger partial charge is 0.321 e. The van der Waals surface area contributed by atoms with E-state index < -0.39 is 27.8 Å². The maximum absolute atomic E-state index is 12.9. The van der Waals surface area contributed by atoms with Crippen molar-refractivity contribution in [2.75, 3.05) is 12.4 Å². The molecule has 0 fully saturated rings. The summed E-state index contributed by atoms with van der Waals surface area (Å²) in [5.41, 5.74) is -0.134. The lowest BCUT2D eigenvalue weighted by atomic mass is 10.1. The van der Waals surface area contributed by atoms with Gasteiger partial charge in [0.05, 0.1) is 9.77 Å². The molecular weight excluding hydrogens is 451 g/mol. The van der Waals surface area contributed by atoms with Crippen molar-refractivity contribution in [2.45, 2.75) is 37.9 Å². The number of carbonyl (C=O) groups excluding carboxylic acids is 1. The number of alkyl halides is 3. The Morgan fingerprint density at radius 3 is 2.29 bits per heavy atom. The third-order valence-electron chi connectivity index (χ3n) is 4.82. The molecule has 0 atom stereocenters. The van der Waals surface area contributed by atoms with E-state index >= 15 is 0 Å². The van der Waals surface area contributed by atoms with E-state index in [9.17, 15) is 26.4 Å². The fraction of sp³-hybridized carbons (Fsp3) is 0.300. The highest BCUT2D eigenvalue weighted by atomic mass is 32.2. The van der Waals surface area contributed by atoms with Gasteiger partial charge in [-0.1, -0.05) is 0 Å². The number of hydrogen-bond acceptors (Lipinski definition) is 5. The quantitative estimate of drug-likeness (QED) is 0.574. The molecule has 1 N–H and O–H groups in total. The number of aromatic nitrogens is 1. The number of aryl methyl sites for hydroxylation is 1. The van der Waals surface area contributed by atoms with Crippen molar-refractivity contribution in [1.29, 1.82) is 0 Å². The van der Waals surface area contributed by atoms with Gasteiger partial charge in [0, 0.05) is 24.2 Å². The summed E-state index contributed by atoms with van der Waals surface area (Å²) in [5.74, 6) is -0.510. The Kier molecular flexibility index (Phi) is 6.14. The molecule has 2 aromatic heterocycles. The van der Waals surface area contributed by atoms with E-state index in [0.29, 0.717) is 16.6 Å². The van der Waals surface area contributed by atoms with Gasteiger partial charge < -0.3 is 5.32 Å². The first-order valence-electron chi connectivity index (χ1n) is 9.19. The molecule has 2 heterocycles. The number of anilines is 1. The normalized spacial score (nSPS) is 12.7. The van der Waals surface area contributed by atoms with Crippen LogP contribution >= 0.6 is 11.3 Å². The predicted molar refractivity (Wildman–Crippen MR) is 114 cm³/mol. The van der Waals surface area contributed by atoms with Gasteiger partial charge >= 0.3 is 6.18 Å². The maximum atomic E-state index is 12.9. The van der Waals surface area contributed by atoms with Crippen LogP contribution in [0, 0.1) is 6.92 Å². The number of fused-ring (bicyclic) bond motifs is 1. The summed E-state index contributed by atoms with van der Waals surface area (Å²) in [6, 6.07) is 7.67. The van der Waals surface area contributed by atoms with Gasteiger partial charge in [-0.25, -0.2) is 13.4 Å². The molecule has 1 amide bonds. The summed E-state index contributed by atoms with van der Waals surface area (Å²) in [6.45, 7) is 5.15. The largest absolute Gasteiger partial charge is 0.433 e. The molecule has 3 aromatic rings. The van der Waals surface area contributed by atoms with Gasteiger partial charge in [-0.05, 0) is 62.7 Å². The highest BCUT2D eigenvalue weighted by Crippen LogP contribution is 2.34. The van der Waals surface area contributed by atoms with Crippen molar-refractivity contribution in [1.82, 2.24) is 9.29 Å². The molecule has 3 rings (SSSR count). The van der Waals surface area contributed by atoms with Crippen LogP contribution in [-0.4, -0.2) is 36.7 Å². The molecule has 0 aliphatic heterocycles. The topological polar surface area (TPSA) is 79.4 Å². The molecule has 0 aliphatic carbocycles. The summed E-state index contributed by atoms with van der Waals surface area (Å²) in [6.07, 6.45) is -4.57. The van der Waals surface area contributed by atoms with Gasteiger partial charge in [-0.15, -0.1) is 11.3 Å². The average Bonchev–Trinajstić information content (AvgIpc) is 3.03. The van der Waals surface area contributed by atoms with Crippen LogP contribution in [0.4, 0.5) is 18.9 Å². The summed E-state index contributed by atoms with van der Waals surface area (Å²) in [7, 11) is -2.17. The van der Waals surface area contributed by atoms with Crippen molar-refractivity contribution in [3.8, 4) is 0 Å². The summed E-state index contributed by atoms with van der Waals surface area (Å²) >= 11 is 0.870. The standard InChI is InChI=1S/C20H20F3N3O3S2/c1-11(2)26(4)31(28,29)14-7-5-13(6-8-14)24-18(27)17-12(3)15-9-10-16(20(21,22)23)25-19(15)30-17/h5-11H,1-4H3,(H,24,27). The van der Waals surface area contributed by atoms with E-state index in [2.05, 4.69) is 10.3 Å². The van der Waals surface area contributed by atoms with Crippen molar-refractivity contribution in [3.63, 3.8) is 0 Å². The molecule has 0 saturated carbocycles. The van der Waals surface area contributed by atoms with Crippen LogP contribution in [-0.2, 0) is 16.2 Å². The number of halogens is 3. The Morgan fingerprint density at radius 2 is 1.74 bits per heavy atom. The number of hydrogen-bond donors (Lipinski definition) is 1. The van der Waals surface area contributed by atoms with Gasteiger partial charge in [0.15, 0.2) is 0 Å². The number of nitrogens with zero attached hydrogens (tertiary/aromatic N) is 2. The van der Waals surface area contributed by atoms with Gasteiger partial charge in [0.1, 0.15) is 10.5 Å². The van der Waals surface area contributed by atoms with Crippen LogP contribution in [0.1, 0.15) is 34.8 Å². The highest BCUT2D eigenvalue weighted by Gasteiger charge is 2.33. The molecule has 166 valence electrons. The summed E-state index contributed by atoms with van der Waals surface area (Å²) in [5, 5.41) is 3.12. The molecule has 0 saturated heterocycles. The van der Waals surface area contributed by atoms with Crippen LogP contribution in [0.3, 0.4) is 0 Å². The van der Waals surface area contributed by atoms with Crippen LogP contribution in [0.15, 0.2) is 41.3 Å². The molecule has 0 radical (unpaired) electrons. The van der Waals surface area contributed by atoms with E-state index in [1.165, 1.54) is 41.7 Å². The van der Waals surface area contributed by atoms with E-state index in [4.69, 9.17) is 0 Å². The average molecular weight is 472 g/mol. The Morgan fingerprint density at radius 1 is 1.13 bits per heavy atom. The molecule has 6 nitrogen and oxygen atoms in total. The van der Waals surface area contributed by atoms with Crippen molar-refractivity contribution >= 4 is 43.2 Å². The number of benzene rings is 1. The molecule has 0 spiro atoms. The number of pyridine rings is 1. The van der Waals surface area contributed by atoms with E-state index in [1.807, 2.05) is 0 Å². The first-order chi connectivity index (χ1) is 14.3. The molecule has 0 aliphatic rings. The van der Waals surface area contributed by atoms with Gasteiger partial charge in [-0.3, -0.25) is 4.79 Å². The first kappa shape index (κ1) is 23.2. The van der Waals surface area contributed by atoms with Crippen LogP contribution in [0.5, 0.6) is 0 Å². The molecule has 0 bridgehead atoms. The lowest BCUT2D eigenvalue weighted by Crippen LogP contribution is -2.33. The number of thiophene rings is 1. The molecule has 31 heavy (non-hydrogen) atoms. The van der Waals surface area contributed by atoms with E-state index in [-0.39, 0.29) is 20.6 Å². The first-order valence-corrected chi connectivity index (χ1v) is 11.4. The fourth-order valence-corrected chi connectivity index (χ4v) is 5.26. The summed E-state index contributed by atoms with van der Waals surface area (Å²) in [4.78, 5) is 16.8. The van der Waals surface area contributed by atoms with E-state index in [0.717, 1.165) is 17.4 Å². The third kappa shape index (κ3) is 4.58. The highest BCUT2D eigenvalue weighted by molar-refractivity contribution is 7.89. The third-order valence-corrected chi connectivity index (χ3v) is 8.06. The Hall–Kier alpha value is -2.50. The second kappa shape index (κ2) is 8.21. The zero-order chi connectivity index (χ0) is 23.1. The number of nitrogens with one attached hydrogen (secondary N) is 1. The van der Waals surface area contributed by atoms with Crippen LogP contribution < -0.4 is 5.32 Å².